The molecule has 0 bridgehead atoms. The van der Waals surface area contributed by atoms with Gasteiger partial charge in [0.15, 0.2) is 11.4 Å². The van der Waals surface area contributed by atoms with E-state index in [4.69, 9.17) is 20.8 Å². The third-order valence-corrected chi connectivity index (χ3v) is 3.83. The number of nitrogens with zero attached hydrogens (tertiary/aromatic N) is 4. The number of rotatable bonds is 3. The molecule has 4 aromatic rings. The van der Waals surface area contributed by atoms with Gasteiger partial charge in [-0.05, 0) is 23.6 Å². The predicted molar refractivity (Wildman–Crippen MR) is 96.0 cm³/mol. The fraction of sp³-hybridized carbons (Fsp3) is 0.278. The van der Waals surface area contributed by atoms with Crippen molar-refractivity contribution in [2.24, 2.45) is 5.41 Å². The molecule has 0 radical (unpaired) electrons. The number of pyridine rings is 1. The summed E-state index contributed by atoms with van der Waals surface area (Å²) in [7, 11) is 0. The molecular formula is C18H17ClN4O2. The third-order valence-electron chi connectivity index (χ3n) is 3.63. The van der Waals surface area contributed by atoms with Gasteiger partial charge in [-0.3, -0.25) is 0 Å². The molecule has 0 N–H and O–H groups in total. The molecule has 128 valence electrons. The lowest BCUT2D eigenvalue weighted by atomic mass is 9.99. The summed E-state index contributed by atoms with van der Waals surface area (Å²) in [4.78, 5) is 8.67. The number of fused-ring (bicyclic) bond motifs is 2. The van der Waals surface area contributed by atoms with Gasteiger partial charge in [-0.15, -0.1) is 0 Å². The lowest BCUT2D eigenvalue weighted by molar-refractivity contribution is 0.193. The Morgan fingerprint density at radius 1 is 1.20 bits per heavy atom. The first kappa shape index (κ1) is 15.9. The summed E-state index contributed by atoms with van der Waals surface area (Å²) in [5.74, 6) is 1.19. The Kier molecular flexibility index (Phi) is 3.65. The summed E-state index contributed by atoms with van der Waals surface area (Å²) < 4.78 is 13.5. The van der Waals surface area contributed by atoms with Crippen LogP contribution < -0.4 is 4.74 Å². The standard InChI is InChI=1S/C18H17ClN4O2/c1-18(2,3)10-24-17-11-8-14(25-13(11)6-7-20-17)12-9-21-16-5-4-15(19)22-23(12)16/h4-9H,10H2,1-3H3. The maximum atomic E-state index is 6.00. The van der Waals surface area contributed by atoms with Crippen molar-refractivity contribution in [2.75, 3.05) is 6.61 Å². The van der Waals surface area contributed by atoms with Crippen molar-refractivity contribution in [1.82, 2.24) is 19.6 Å². The summed E-state index contributed by atoms with van der Waals surface area (Å²) in [6.45, 7) is 6.90. The Hall–Kier alpha value is -2.60. The average Bonchev–Trinajstić information content (AvgIpc) is 3.15. The Morgan fingerprint density at radius 3 is 2.84 bits per heavy atom. The third kappa shape index (κ3) is 3.05. The van der Waals surface area contributed by atoms with E-state index in [0.717, 1.165) is 11.1 Å². The molecule has 0 aliphatic heterocycles. The van der Waals surface area contributed by atoms with E-state index in [1.54, 1.807) is 29.0 Å². The van der Waals surface area contributed by atoms with Gasteiger partial charge in [-0.25, -0.2) is 14.5 Å². The molecule has 0 amide bonds. The number of imidazole rings is 1. The normalized spacial score (nSPS) is 12.2. The van der Waals surface area contributed by atoms with E-state index in [1.807, 2.05) is 12.1 Å². The Labute approximate surface area is 149 Å². The summed E-state index contributed by atoms with van der Waals surface area (Å²) >= 11 is 6.00. The zero-order valence-corrected chi connectivity index (χ0v) is 14.9. The highest BCUT2D eigenvalue weighted by Crippen LogP contribution is 2.33. The molecule has 0 fully saturated rings. The Bertz CT molecular complexity index is 1060. The van der Waals surface area contributed by atoms with Crippen LogP contribution in [0.2, 0.25) is 5.15 Å². The molecule has 0 saturated carbocycles. The molecule has 0 unspecified atom stereocenters. The molecular weight excluding hydrogens is 340 g/mol. The van der Waals surface area contributed by atoms with E-state index < -0.39 is 0 Å². The van der Waals surface area contributed by atoms with E-state index in [-0.39, 0.29) is 5.41 Å². The molecule has 4 rings (SSSR count). The molecule has 0 saturated heterocycles. The summed E-state index contributed by atoms with van der Waals surface area (Å²) in [6.07, 6.45) is 3.39. The monoisotopic (exact) mass is 356 g/mol. The number of aromatic nitrogens is 4. The van der Waals surface area contributed by atoms with Gasteiger partial charge in [0.25, 0.3) is 0 Å². The van der Waals surface area contributed by atoms with Gasteiger partial charge >= 0.3 is 0 Å². The molecule has 0 spiro atoms. The lowest BCUT2D eigenvalue weighted by Gasteiger charge is -2.18. The molecule has 0 aliphatic carbocycles. The Morgan fingerprint density at radius 2 is 2.04 bits per heavy atom. The second-order valence-corrected chi connectivity index (χ2v) is 7.44. The van der Waals surface area contributed by atoms with Crippen LogP contribution >= 0.6 is 11.6 Å². The van der Waals surface area contributed by atoms with Crippen LogP contribution in [-0.4, -0.2) is 26.2 Å². The second-order valence-electron chi connectivity index (χ2n) is 7.06. The quantitative estimate of drug-likeness (QED) is 0.536. The minimum absolute atomic E-state index is 0.0404. The number of hydrogen-bond donors (Lipinski definition) is 0. The van der Waals surface area contributed by atoms with E-state index in [2.05, 4.69) is 35.8 Å². The summed E-state index contributed by atoms with van der Waals surface area (Å²) in [5.41, 5.74) is 2.15. The molecule has 7 heteroatoms. The van der Waals surface area contributed by atoms with Gasteiger partial charge < -0.3 is 9.15 Å². The van der Waals surface area contributed by atoms with E-state index >= 15 is 0 Å². The fourth-order valence-corrected chi connectivity index (χ4v) is 2.62. The number of ether oxygens (including phenoxy) is 1. The second kappa shape index (κ2) is 5.74. The Balaban J connectivity index is 1.79. The van der Waals surface area contributed by atoms with Crippen molar-refractivity contribution in [3.63, 3.8) is 0 Å². The molecule has 25 heavy (non-hydrogen) atoms. The van der Waals surface area contributed by atoms with Gasteiger partial charge in [0.2, 0.25) is 5.88 Å². The average molecular weight is 357 g/mol. The predicted octanol–water partition coefficient (Wildman–Crippen LogP) is 4.62. The van der Waals surface area contributed by atoms with Crippen LogP contribution in [0.4, 0.5) is 0 Å². The molecule has 0 atom stereocenters. The van der Waals surface area contributed by atoms with Gasteiger partial charge in [-0.1, -0.05) is 32.4 Å². The number of furan rings is 1. The van der Waals surface area contributed by atoms with Crippen molar-refractivity contribution in [3.8, 4) is 17.3 Å². The van der Waals surface area contributed by atoms with Crippen LogP contribution in [0.3, 0.4) is 0 Å². The number of halogens is 1. The van der Waals surface area contributed by atoms with Gasteiger partial charge in [0.05, 0.1) is 18.2 Å². The van der Waals surface area contributed by atoms with Crippen molar-refractivity contribution in [2.45, 2.75) is 20.8 Å². The minimum atomic E-state index is 0.0404. The maximum absolute atomic E-state index is 6.00. The largest absolute Gasteiger partial charge is 0.477 e. The van der Waals surface area contributed by atoms with Crippen LogP contribution in [-0.2, 0) is 0 Å². The van der Waals surface area contributed by atoms with E-state index in [1.165, 1.54) is 0 Å². The van der Waals surface area contributed by atoms with Gasteiger partial charge in [0.1, 0.15) is 16.4 Å². The number of hydrogen-bond acceptors (Lipinski definition) is 5. The SMILES string of the molecule is CC(C)(C)COc1nccc2oc(-c3cnc4ccc(Cl)nn34)cc12. The molecule has 0 aromatic carbocycles. The van der Waals surface area contributed by atoms with Crippen LogP contribution in [0.25, 0.3) is 28.1 Å². The zero-order chi connectivity index (χ0) is 17.6. The summed E-state index contributed by atoms with van der Waals surface area (Å²) in [5, 5.41) is 5.49. The first-order valence-corrected chi connectivity index (χ1v) is 8.30. The lowest BCUT2D eigenvalue weighted by Crippen LogP contribution is -2.17. The summed E-state index contributed by atoms with van der Waals surface area (Å²) in [6, 6.07) is 7.22. The highest BCUT2D eigenvalue weighted by molar-refractivity contribution is 6.29. The van der Waals surface area contributed by atoms with Crippen molar-refractivity contribution >= 4 is 28.2 Å². The van der Waals surface area contributed by atoms with Crippen LogP contribution in [0.5, 0.6) is 5.88 Å². The topological polar surface area (TPSA) is 65.5 Å². The van der Waals surface area contributed by atoms with Crippen molar-refractivity contribution in [3.05, 3.63) is 41.8 Å². The smallest absolute Gasteiger partial charge is 0.224 e. The van der Waals surface area contributed by atoms with Gasteiger partial charge in [-0.2, -0.15) is 5.10 Å². The molecule has 4 heterocycles. The van der Waals surface area contributed by atoms with E-state index in [0.29, 0.717) is 34.6 Å². The molecule has 6 nitrogen and oxygen atoms in total. The highest BCUT2D eigenvalue weighted by Gasteiger charge is 2.17. The highest BCUT2D eigenvalue weighted by atomic mass is 35.5. The maximum Gasteiger partial charge on any atom is 0.224 e. The molecule has 0 aliphatic rings. The van der Waals surface area contributed by atoms with Crippen LogP contribution in [0.15, 0.2) is 41.1 Å². The van der Waals surface area contributed by atoms with E-state index in [9.17, 15) is 0 Å². The van der Waals surface area contributed by atoms with Crippen LogP contribution in [0.1, 0.15) is 20.8 Å². The van der Waals surface area contributed by atoms with Gasteiger partial charge in [0, 0.05) is 12.3 Å². The first-order valence-electron chi connectivity index (χ1n) is 7.93. The molecule has 4 aromatic heterocycles. The minimum Gasteiger partial charge on any atom is -0.477 e. The van der Waals surface area contributed by atoms with Crippen LogP contribution in [0, 0.1) is 5.41 Å². The van der Waals surface area contributed by atoms with Crippen molar-refractivity contribution in [1.29, 1.82) is 0 Å². The fourth-order valence-electron chi connectivity index (χ4n) is 2.48. The zero-order valence-electron chi connectivity index (χ0n) is 14.2. The van der Waals surface area contributed by atoms with Crippen molar-refractivity contribution < 1.29 is 9.15 Å². The first-order chi connectivity index (χ1) is 11.9.